The number of carbonyl (C=O) groups excluding carboxylic acids is 1. The fourth-order valence-corrected chi connectivity index (χ4v) is 4.36. The Hall–Kier alpha value is -1.68. The van der Waals surface area contributed by atoms with Crippen molar-refractivity contribution in [2.24, 2.45) is 11.1 Å². The molecule has 30 heavy (non-hydrogen) atoms. The normalized spacial score (nSPS) is 25.3. The van der Waals surface area contributed by atoms with Crippen LogP contribution in [-0.2, 0) is 9.53 Å². The highest BCUT2D eigenvalue weighted by Crippen LogP contribution is 2.50. The number of nitrogens with zero attached hydrogens (tertiary/aromatic N) is 6. The number of fused-ring (bicyclic) bond motifs is 1. The number of ether oxygens (including phenoxy) is 1. The van der Waals surface area contributed by atoms with Crippen molar-refractivity contribution < 1.29 is 9.53 Å². The number of anilines is 1. The summed E-state index contributed by atoms with van der Waals surface area (Å²) in [5.41, 5.74) is 6.25. The molecule has 1 saturated carbocycles. The first kappa shape index (κ1) is 24.6. The molecule has 2 aromatic rings. The van der Waals surface area contributed by atoms with Crippen LogP contribution < -0.4 is 10.6 Å². The maximum atomic E-state index is 13.2. The molecule has 2 atom stereocenters. The van der Waals surface area contributed by atoms with Gasteiger partial charge < -0.3 is 20.3 Å². The van der Waals surface area contributed by atoms with E-state index in [2.05, 4.69) is 20.0 Å². The van der Waals surface area contributed by atoms with E-state index in [9.17, 15) is 4.79 Å². The second kappa shape index (κ2) is 8.82. The first-order chi connectivity index (χ1) is 13.3. The van der Waals surface area contributed by atoms with Crippen LogP contribution in [-0.4, -0.2) is 74.8 Å². The van der Waals surface area contributed by atoms with Crippen molar-refractivity contribution >= 4 is 42.3 Å². The van der Waals surface area contributed by atoms with Gasteiger partial charge in [0.2, 0.25) is 5.91 Å². The SMILES string of the molecule is CCOC1CC(N)(C(=O)N2CCN(c3cc(C)nc4ncnn34)CC2)C1(C)C.Cl.Cl. The van der Waals surface area contributed by atoms with E-state index in [1.807, 2.05) is 38.7 Å². The summed E-state index contributed by atoms with van der Waals surface area (Å²) in [5, 5.41) is 4.28. The number of carbonyl (C=O) groups is 1. The third-order valence-corrected chi connectivity index (χ3v) is 6.46. The van der Waals surface area contributed by atoms with Crippen LogP contribution in [0.2, 0.25) is 0 Å². The van der Waals surface area contributed by atoms with Crippen molar-refractivity contribution in [3.05, 3.63) is 18.1 Å². The predicted molar refractivity (Wildman–Crippen MR) is 120 cm³/mol. The minimum atomic E-state index is -0.860. The zero-order chi connectivity index (χ0) is 20.1. The largest absolute Gasteiger partial charge is 0.378 e. The van der Waals surface area contributed by atoms with Crippen molar-refractivity contribution in [3.63, 3.8) is 0 Å². The second-order valence-corrected chi connectivity index (χ2v) is 8.35. The van der Waals surface area contributed by atoms with E-state index in [0.29, 0.717) is 31.9 Å². The van der Waals surface area contributed by atoms with Crippen LogP contribution in [0.3, 0.4) is 0 Å². The Morgan fingerprint density at radius 1 is 1.27 bits per heavy atom. The molecule has 2 unspecified atom stereocenters. The summed E-state index contributed by atoms with van der Waals surface area (Å²) in [4.78, 5) is 25.9. The third kappa shape index (κ3) is 3.72. The van der Waals surface area contributed by atoms with Crippen molar-refractivity contribution in [2.45, 2.75) is 45.8 Å². The van der Waals surface area contributed by atoms with E-state index >= 15 is 0 Å². The van der Waals surface area contributed by atoms with Crippen LogP contribution in [0.5, 0.6) is 0 Å². The topological polar surface area (TPSA) is 102 Å². The van der Waals surface area contributed by atoms with E-state index < -0.39 is 5.54 Å². The molecule has 0 spiro atoms. The summed E-state index contributed by atoms with van der Waals surface area (Å²) >= 11 is 0. The fourth-order valence-electron chi connectivity index (χ4n) is 4.36. The minimum absolute atomic E-state index is 0. The van der Waals surface area contributed by atoms with Crippen LogP contribution in [0, 0.1) is 12.3 Å². The van der Waals surface area contributed by atoms with E-state index in [1.165, 1.54) is 6.33 Å². The zero-order valence-electron chi connectivity index (χ0n) is 17.9. The number of nitrogens with two attached hydrogens (primary N) is 1. The lowest BCUT2D eigenvalue weighted by molar-refractivity contribution is -0.179. The molecule has 3 heterocycles. The number of halogens is 2. The molecule has 168 valence electrons. The molecule has 2 aromatic heterocycles. The summed E-state index contributed by atoms with van der Waals surface area (Å²) in [6, 6.07) is 2.01. The number of aromatic nitrogens is 4. The average Bonchev–Trinajstić information content (AvgIpc) is 3.15. The highest BCUT2D eigenvalue weighted by Gasteiger charge is 2.63. The summed E-state index contributed by atoms with van der Waals surface area (Å²) in [6.45, 7) is 11.3. The van der Waals surface area contributed by atoms with E-state index in [1.54, 1.807) is 4.52 Å². The van der Waals surface area contributed by atoms with Gasteiger partial charge in [-0.1, -0.05) is 13.8 Å². The maximum absolute atomic E-state index is 13.2. The highest BCUT2D eigenvalue weighted by atomic mass is 35.5. The number of piperazine rings is 1. The molecule has 2 fully saturated rings. The number of rotatable bonds is 4. The van der Waals surface area contributed by atoms with Gasteiger partial charge in [0.05, 0.1) is 6.10 Å². The lowest BCUT2D eigenvalue weighted by atomic mass is 9.54. The first-order valence-corrected chi connectivity index (χ1v) is 9.90. The van der Waals surface area contributed by atoms with Gasteiger partial charge in [-0.25, -0.2) is 4.98 Å². The molecule has 2 N–H and O–H groups in total. The summed E-state index contributed by atoms with van der Waals surface area (Å²) < 4.78 is 7.51. The minimum Gasteiger partial charge on any atom is -0.378 e. The number of aryl methyl sites for hydroxylation is 1. The Balaban J connectivity index is 0.00000160. The maximum Gasteiger partial charge on any atom is 0.254 e. The fraction of sp³-hybridized carbons (Fsp3) is 0.684. The molecule has 11 heteroatoms. The second-order valence-electron chi connectivity index (χ2n) is 8.35. The molecule has 0 aromatic carbocycles. The standard InChI is InChI=1S/C19H29N7O2.2ClH/c1-5-28-14-11-19(20,18(14,3)4)16(27)25-8-6-24(7-9-25)15-10-13(2)23-17-21-12-22-26(15)17;;/h10,12,14H,5-9,11,20H2,1-4H3;2*1H. The van der Waals surface area contributed by atoms with Crippen molar-refractivity contribution in [2.75, 3.05) is 37.7 Å². The van der Waals surface area contributed by atoms with Crippen LogP contribution in [0.15, 0.2) is 12.4 Å². The molecule has 1 aliphatic heterocycles. The number of hydrogen-bond donors (Lipinski definition) is 1. The third-order valence-electron chi connectivity index (χ3n) is 6.46. The lowest BCUT2D eigenvalue weighted by Crippen LogP contribution is -2.76. The first-order valence-electron chi connectivity index (χ1n) is 9.90. The Morgan fingerprint density at radius 3 is 2.53 bits per heavy atom. The van der Waals surface area contributed by atoms with Gasteiger partial charge >= 0.3 is 0 Å². The molecule has 1 aliphatic carbocycles. The molecule has 1 saturated heterocycles. The lowest BCUT2D eigenvalue weighted by Gasteiger charge is -2.59. The van der Waals surface area contributed by atoms with Crippen molar-refractivity contribution in [3.8, 4) is 0 Å². The Morgan fingerprint density at radius 2 is 1.93 bits per heavy atom. The predicted octanol–water partition coefficient (Wildman–Crippen LogP) is 1.46. The van der Waals surface area contributed by atoms with Gasteiger partial charge in [-0.3, -0.25) is 4.79 Å². The van der Waals surface area contributed by atoms with Gasteiger partial charge in [0.15, 0.2) is 0 Å². The summed E-state index contributed by atoms with van der Waals surface area (Å²) in [6.07, 6.45) is 2.13. The van der Waals surface area contributed by atoms with E-state index in [0.717, 1.165) is 24.6 Å². The highest BCUT2D eigenvalue weighted by molar-refractivity contribution is 5.89. The Kier molecular flexibility index (Phi) is 7.23. The molecular weight excluding hydrogens is 429 g/mol. The number of hydrogen-bond acceptors (Lipinski definition) is 7. The monoisotopic (exact) mass is 459 g/mol. The van der Waals surface area contributed by atoms with Crippen LogP contribution >= 0.6 is 24.8 Å². The van der Waals surface area contributed by atoms with E-state index in [4.69, 9.17) is 10.5 Å². The van der Waals surface area contributed by atoms with Crippen molar-refractivity contribution in [1.82, 2.24) is 24.5 Å². The van der Waals surface area contributed by atoms with Crippen molar-refractivity contribution in [1.29, 1.82) is 0 Å². The summed E-state index contributed by atoms with van der Waals surface area (Å²) in [5.74, 6) is 1.58. The van der Waals surface area contributed by atoms with Gasteiger partial charge in [-0.05, 0) is 13.8 Å². The Labute approximate surface area is 189 Å². The zero-order valence-corrected chi connectivity index (χ0v) is 19.5. The van der Waals surface area contributed by atoms with Gasteiger partial charge in [0.25, 0.3) is 5.78 Å². The van der Waals surface area contributed by atoms with Crippen LogP contribution in [0.25, 0.3) is 5.78 Å². The van der Waals surface area contributed by atoms with Gasteiger partial charge in [0.1, 0.15) is 17.7 Å². The summed E-state index contributed by atoms with van der Waals surface area (Å²) in [7, 11) is 0. The van der Waals surface area contributed by atoms with Gasteiger partial charge in [-0.15, -0.1) is 24.8 Å². The quantitative estimate of drug-likeness (QED) is 0.737. The average molecular weight is 460 g/mol. The molecule has 1 amide bonds. The molecule has 9 nitrogen and oxygen atoms in total. The molecular formula is C19H31Cl2N7O2. The molecule has 2 aliphatic rings. The molecule has 0 radical (unpaired) electrons. The van der Waals surface area contributed by atoms with Crippen LogP contribution in [0.4, 0.5) is 5.82 Å². The smallest absolute Gasteiger partial charge is 0.254 e. The van der Waals surface area contributed by atoms with Gasteiger partial charge in [0, 0.05) is 56.4 Å². The van der Waals surface area contributed by atoms with Gasteiger partial charge in [-0.2, -0.15) is 14.6 Å². The molecule has 0 bridgehead atoms. The number of amides is 1. The van der Waals surface area contributed by atoms with E-state index in [-0.39, 0.29) is 42.2 Å². The van der Waals surface area contributed by atoms with Crippen LogP contribution in [0.1, 0.15) is 32.9 Å². The Bertz CT molecular complexity index is 898. The molecule has 4 rings (SSSR count).